The SMILES string of the molecule is COc1cc(-c2cnc3cc(C(C)(C#N)CO)ccn23)cc(OC(F)F)c1C(=O)CCC1CC1. The van der Waals surface area contributed by atoms with Crippen molar-refractivity contribution < 1.29 is 28.2 Å². The van der Waals surface area contributed by atoms with Gasteiger partial charge in [0.1, 0.15) is 28.1 Å². The number of imidazole rings is 1. The van der Waals surface area contributed by atoms with Crippen LogP contribution in [0, 0.1) is 17.2 Å². The molecule has 178 valence electrons. The zero-order chi connectivity index (χ0) is 24.5. The number of Topliss-reactive ketones (excluding diaryl/α,β-unsaturated/α-hetero) is 1. The number of fused-ring (bicyclic) bond motifs is 1. The van der Waals surface area contributed by atoms with Gasteiger partial charge in [0.15, 0.2) is 5.78 Å². The predicted octanol–water partition coefficient (Wildman–Crippen LogP) is 4.76. The maximum absolute atomic E-state index is 13.2. The molecule has 7 nitrogen and oxygen atoms in total. The quantitative estimate of drug-likeness (QED) is 0.430. The smallest absolute Gasteiger partial charge is 0.387 e. The van der Waals surface area contributed by atoms with Gasteiger partial charge in [0.25, 0.3) is 0 Å². The summed E-state index contributed by atoms with van der Waals surface area (Å²) >= 11 is 0. The van der Waals surface area contributed by atoms with Gasteiger partial charge in [0.2, 0.25) is 0 Å². The van der Waals surface area contributed by atoms with Gasteiger partial charge in [-0.1, -0.05) is 12.8 Å². The molecule has 0 aliphatic heterocycles. The van der Waals surface area contributed by atoms with Crippen molar-refractivity contribution in [3.05, 3.63) is 47.8 Å². The molecule has 1 N–H and O–H groups in total. The molecule has 2 heterocycles. The molecule has 1 aliphatic rings. The largest absolute Gasteiger partial charge is 0.496 e. The summed E-state index contributed by atoms with van der Waals surface area (Å²) in [4.78, 5) is 17.3. The number of carbonyl (C=O) groups excluding carboxylic acids is 1. The average Bonchev–Trinajstić information content (AvgIpc) is 3.57. The normalized spacial score (nSPS) is 15.2. The van der Waals surface area contributed by atoms with E-state index in [1.165, 1.54) is 13.2 Å². The van der Waals surface area contributed by atoms with Gasteiger partial charge in [0, 0.05) is 18.2 Å². The Morgan fingerprint density at radius 3 is 2.71 bits per heavy atom. The lowest BCUT2D eigenvalue weighted by atomic mass is 9.85. The molecular weight excluding hydrogens is 444 g/mol. The van der Waals surface area contributed by atoms with Crippen molar-refractivity contribution in [3.63, 3.8) is 0 Å². The zero-order valence-corrected chi connectivity index (χ0v) is 18.9. The molecule has 1 aromatic carbocycles. The van der Waals surface area contributed by atoms with Crippen LogP contribution in [0.2, 0.25) is 0 Å². The third-order valence-corrected chi connectivity index (χ3v) is 6.27. The Morgan fingerprint density at radius 1 is 1.35 bits per heavy atom. The number of rotatable bonds is 10. The van der Waals surface area contributed by atoms with Gasteiger partial charge in [-0.2, -0.15) is 14.0 Å². The van der Waals surface area contributed by atoms with E-state index in [0.717, 1.165) is 12.8 Å². The summed E-state index contributed by atoms with van der Waals surface area (Å²) in [5, 5.41) is 19.1. The molecule has 1 saturated carbocycles. The molecule has 1 unspecified atom stereocenters. The van der Waals surface area contributed by atoms with Crippen LogP contribution in [0.15, 0.2) is 36.7 Å². The number of ether oxygens (including phenoxy) is 2. The fourth-order valence-electron chi connectivity index (χ4n) is 3.96. The minimum atomic E-state index is -3.11. The van der Waals surface area contributed by atoms with Gasteiger partial charge >= 0.3 is 6.61 Å². The highest BCUT2D eigenvalue weighted by Gasteiger charge is 2.28. The highest BCUT2D eigenvalue weighted by molar-refractivity contribution is 6.02. The third kappa shape index (κ3) is 4.59. The molecule has 2 aromatic heterocycles. The van der Waals surface area contributed by atoms with Crippen LogP contribution in [0.5, 0.6) is 11.5 Å². The Morgan fingerprint density at radius 2 is 2.09 bits per heavy atom. The summed E-state index contributed by atoms with van der Waals surface area (Å²) in [5.41, 5.74) is 1.05. The molecular formula is C25H25F2N3O4. The van der Waals surface area contributed by atoms with Crippen molar-refractivity contribution in [3.8, 4) is 28.8 Å². The summed E-state index contributed by atoms with van der Waals surface area (Å²) in [6, 6.07) is 8.48. The van der Waals surface area contributed by atoms with E-state index in [2.05, 4.69) is 11.1 Å². The number of hydrogen-bond acceptors (Lipinski definition) is 6. The first kappa shape index (κ1) is 23.6. The number of hydrogen-bond donors (Lipinski definition) is 1. The summed E-state index contributed by atoms with van der Waals surface area (Å²) < 4.78 is 38.4. The van der Waals surface area contributed by atoms with Crippen LogP contribution >= 0.6 is 0 Å². The second kappa shape index (κ2) is 9.39. The minimum absolute atomic E-state index is 0.0102. The Bertz CT molecular complexity index is 1260. The lowest BCUT2D eigenvalue weighted by Gasteiger charge is -2.19. The first-order chi connectivity index (χ1) is 16.3. The standard InChI is InChI=1S/C25H25F2N3O4/c1-25(13-28,14-31)17-7-8-30-18(12-29-22(30)11-17)16-9-20(33-2)23(21(10-16)34-24(26)27)19(32)6-5-15-3-4-15/h7-12,15,24,31H,3-6,14H2,1-2H3. The number of ketones is 1. The second-order valence-electron chi connectivity index (χ2n) is 8.72. The number of aliphatic hydroxyl groups is 1. The lowest BCUT2D eigenvalue weighted by molar-refractivity contribution is -0.0502. The topological polar surface area (TPSA) is 96.8 Å². The zero-order valence-electron chi connectivity index (χ0n) is 18.9. The first-order valence-electron chi connectivity index (χ1n) is 11.0. The maximum Gasteiger partial charge on any atom is 0.387 e. The van der Waals surface area contributed by atoms with Crippen LogP contribution in [0.25, 0.3) is 16.9 Å². The van der Waals surface area contributed by atoms with Gasteiger partial charge < -0.3 is 14.6 Å². The van der Waals surface area contributed by atoms with Gasteiger partial charge in [-0.25, -0.2) is 4.98 Å². The van der Waals surface area contributed by atoms with Crippen molar-refractivity contribution in [2.75, 3.05) is 13.7 Å². The molecule has 1 fully saturated rings. The van der Waals surface area contributed by atoms with Crippen LogP contribution in [0.3, 0.4) is 0 Å². The molecule has 0 saturated heterocycles. The third-order valence-electron chi connectivity index (χ3n) is 6.27. The highest BCUT2D eigenvalue weighted by atomic mass is 19.3. The van der Waals surface area contributed by atoms with E-state index >= 15 is 0 Å². The monoisotopic (exact) mass is 469 g/mol. The fraction of sp³-hybridized carbons (Fsp3) is 0.400. The Hall–Kier alpha value is -3.51. The minimum Gasteiger partial charge on any atom is -0.496 e. The van der Waals surface area contributed by atoms with E-state index in [1.807, 2.05) is 0 Å². The van der Waals surface area contributed by atoms with E-state index in [-0.39, 0.29) is 35.9 Å². The van der Waals surface area contributed by atoms with E-state index in [9.17, 15) is 23.9 Å². The maximum atomic E-state index is 13.2. The molecule has 0 radical (unpaired) electrons. The van der Waals surface area contributed by atoms with Crippen LogP contribution < -0.4 is 9.47 Å². The van der Waals surface area contributed by atoms with Crippen LogP contribution in [-0.4, -0.2) is 40.6 Å². The lowest BCUT2D eigenvalue weighted by Crippen LogP contribution is -2.24. The predicted molar refractivity (Wildman–Crippen MR) is 120 cm³/mol. The van der Waals surface area contributed by atoms with Crippen LogP contribution in [-0.2, 0) is 5.41 Å². The van der Waals surface area contributed by atoms with E-state index < -0.39 is 12.0 Å². The second-order valence-corrected chi connectivity index (χ2v) is 8.72. The molecule has 0 amide bonds. The van der Waals surface area contributed by atoms with Gasteiger partial charge in [-0.05, 0) is 49.1 Å². The molecule has 0 bridgehead atoms. The first-order valence-corrected chi connectivity index (χ1v) is 11.0. The van der Waals surface area contributed by atoms with Gasteiger partial charge in [-0.3, -0.25) is 9.20 Å². The van der Waals surface area contributed by atoms with Crippen molar-refractivity contribution >= 4 is 11.4 Å². The number of nitrogens with zero attached hydrogens (tertiary/aromatic N) is 3. The van der Waals surface area contributed by atoms with Gasteiger partial charge in [-0.15, -0.1) is 0 Å². The molecule has 9 heteroatoms. The number of benzene rings is 1. The number of methoxy groups -OCH3 is 1. The van der Waals surface area contributed by atoms with Gasteiger partial charge in [0.05, 0.1) is 31.7 Å². The van der Waals surface area contributed by atoms with E-state index in [4.69, 9.17) is 9.47 Å². The molecule has 1 atom stereocenters. The van der Waals surface area contributed by atoms with Crippen molar-refractivity contribution in [2.24, 2.45) is 5.92 Å². The van der Waals surface area contributed by atoms with Crippen molar-refractivity contribution in [1.29, 1.82) is 5.26 Å². The summed E-state index contributed by atoms with van der Waals surface area (Å²) in [7, 11) is 1.38. The number of alkyl halides is 2. The summed E-state index contributed by atoms with van der Waals surface area (Å²) in [6.07, 6.45) is 6.37. The molecule has 4 rings (SSSR count). The molecule has 3 aromatic rings. The van der Waals surface area contributed by atoms with E-state index in [1.54, 1.807) is 41.9 Å². The Balaban J connectivity index is 1.78. The summed E-state index contributed by atoms with van der Waals surface area (Å²) in [5.74, 6) is 0.130. The number of nitriles is 1. The number of pyridine rings is 1. The Labute approximate surface area is 195 Å². The average molecular weight is 469 g/mol. The number of halogens is 2. The number of aliphatic hydroxyl groups excluding tert-OH is 1. The molecule has 34 heavy (non-hydrogen) atoms. The van der Waals surface area contributed by atoms with Crippen LogP contribution in [0.4, 0.5) is 8.78 Å². The van der Waals surface area contributed by atoms with Crippen molar-refractivity contribution in [2.45, 2.75) is 44.6 Å². The highest BCUT2D eigenvalue weighted by Crippen LogP contribution is 2.39. The number of aromatic nitrogens is 2. The molecule has 1 aliphatic carbocycles. The fourth-order valence-corrected chi connectivity index (χ4v) is 3.96. The van der Waals surface area contributed by atoms with Crippen molar-refractivity contribution in [1.82, 2.24) is 9.38 Å². The number of carbonyl (C=O) groups is 1. The van der Waals surface area contributed by atoms with E-state index in [0.29, 0.717) is 34.8 Å². The molecule has 0 spiro atoms. The van der Waals surface area contributed by atoms with Crippen LogP contribution in [0.1, 0.15) is 48.5 Å². The Kier molecular flexibility index (Phi) is 6.53. The summed E-state index contributed by atoms with van der Waals surface area (Å²) in [6.45, 7) is -1.84.